The number of carbonyl (C=O) groups is 4. The van der Waals surface area contributed by atoms with Crippen molar-refractivity contribution in [1.82, 2.24) is 24.2 Å². The Morgan fingerprint density at radius 3 is 1.54 bits per heavy atom. The number of carboxylic acids is 3. The molecule has 0 aliphatic carbocycles. The van der Waals surface area contributed by atoms with Gasteiger partial charge < -0.3 is 29.7 Å². The number of hydrogen-bond donors (Lipinski definition) is 4. The number of aromatic nitrogens is 1. The zero-order valence-corrected chi connectivity index (χ0v) is 22.0. The minimum absolute atomic E-state index is 0.119. The Morgan fingerprint density at radius 2 is 1.15 bits per heavy atom. The molecule has 1 saturated heterocycles. The molecule has 1 aliphatic heterocycles. The second-order valence-electron chi connectivity index (χ2n) is 9.21. The molecule has 15 heteroatoms. The SMILES string of the molecule is CCOC(=O)Cn1ccc(CN2CCN(CC(=O)O)CCN(CC(=O)O)CCN(CC(=O)O)CC2)c(O)c1=O. The van der Waals surface area contributed by atoms with E-state index >= 15 is 0 Å². The monoisotopic (exact) mass is 555 g/mol. The highest BCUT2D eigenvalue weighted by Crippen LogP contribution is 2.14. The van der Waals surface area contributed by atoms with E-state index in [2.05, 4.69) is 0 Å². The molecule has 218 valence electrons. The van der Waals surface area contributed by atoms with Gasteiger partial charge in [-0.2, -0.15) is 0 Å². The molecule has 4 N–H and O–H groups in total. The predicted octanol–water partition coefficient (Wildman–Crippen LogP) is -1.91. The van der Waals surface area contributed by atoms with Gasteiger partial charge in [-0.15, -0.1) is 0 Å². The average molecular weight is 556 g/mol. The Bertz CT molecular complexity index is 1030. The molecule has 1 fully saturated rings. The summed E-state index contributed by atoms with van der Waals surface area (Å²) in [6, 6.07) is 1.51. The number of ether oxygens (including phenoxy) is 1. The van der Waals surface area contributed by atoms with E-state index in [4.69, 9.17) is 4.74 Å². The summed E-state index contributed by atoms with van der Waals surface area (Å²) in [7, 11) is 0. The van der Waals surface area contributed by atoms with E-state index in [0.29, 0.717) is 31.7 Å². The van der Waals surface area contributed by atoms with Gasteiger partial charge in [-0.1, -0.05) is 0 Å². The maximum atomic E-state index is 12.6. The van der Waals surface area contributed by atoms with Crippen LogP contribution in [0.25, 0.3) is 0 Å². The predicted molar refractivity (Wildman–Crippen MR) is 137 cm³/mol. The Labute approximate surface area is 225 Å². The van der Waals surface area contributed by atoms with Crippen LogP contribution in [-0.4, -0.2) is 147 Å². The van der Waals surface area contributed by atoms with Crippen molar-refractivity contribution in [3.63, 3.8) is 0 Å². The van der Waals surface area contributed by atoms with E-state index in [1.165, 1.54) is 12.3 Å². The summed E-state index contributed by atoms with van der Waals surface area (Å²) in [4.78, 5) is 65.4. The summed E-state index contributed by atoms with van der Waals surface area (Å²) in [5.74, 6) is -4.24. The third-order valence-electron chi connectivity index (χ3n) is 6.23. The third kappa shape index (κ3) is 11.4. The summed E-state index contributed by atoms with van der Waals surface area (Å²) in [5.41, 5.74) is -0.456. The first kappa shape index (κ1) is 31.7. The van der Waals surface area contributed by atoms with Gasteiger partial charge in [0.2, 0.25) is 0 Å². The van der Waals surface area contributed by atoms with Crippen molar-refractivity contribution in [3.8, 4) is 5.75 Å². The lowest BCUT2D eigenvalue weighted by Crippen LogP contribution is -2.48. The summed E-state index contributed by atoms with van der Waals surface area (Å²) in [6.07, 6.45) is 1.38. The standard InChI is InChI=1S/C24H37N5O10/c1-2-39-22(36)17-29-4-3-18(23(37)24(29)38)13-25-5-7-26(14-19(30)31)9-11-28(16-21(34)35)12-10-27(8-6-25)15-20(32)33/h3-4,37H,2,5-17H2,1H3,(H,30,31)(H,32,33)(H,34,35). The Hall–Kier alpha value is -3.53. The van der Waals surface area contributed by atoms with Gasteiger partial charge in [0.25, 0.3) is 5.56 Å². The van der Waals surface area contributed by atoms with E-state index < -0.39 is 35.2 Å². The molecule has 0 bridgehead atoms. The molecule has 0 spiro atoms. The lowest BCUT2D eigenvalue weighted by Gasteiger charge is -2.33. The topological polar surface area (TPSA) is 193 Å². The van der Waals surface area contributed by atoms with Gasteiger partial charge in [-0.25, -0.2) is 0 Å². The average Bonchev–Trinajstić information content (AvgIpc) is 2.84. The van der Waals surface area contributed by atoms with Gasteiger partial charge in [-0.3, -0.25) is 43.6 Å². The first-order valence-corrected chi connectivity index (χ1v) is 12.6. The molecule has 1 aromatic rings. The van der Waals surface area contributed by atoms with Gasteiger partial charge in [0, 0.05) is 70.7 Å². The van der Waals surface area contributed by atoms with Gasteiger partial charge >= 0.3 is 23.9 Å². The zero-order chi connectivity index (χ0) is 28.9. The maximum absolute atomic E-state index is 12.6. The highest BCUT2D eigenvalue weighted by atomic mass is 16.5. The zero-order valence-electron chi connectivity index (χ0n) is 22.0. The fourth-order valence-corrected chi connectivity index (χ4v) is 4.22. The van der Waals surface area contributed by atoms with Crippen molar-refractivity contribution in [3.05, 3.63) is 28.2 Å². The third-order valence-corrected chi connectivity index (χ3v) is 6.23. The van der Waals surface area contributed by atoms with Crippen molar-refractivity contribution < 1.29 is 44.3 Å². The molecule has 0 saturated carbocycles. The molecular formula is C24H37N5O10. The van der Waals surface area contributed by atoms with E-state index in [1.807, 2.05) is 4.90 Å². The summed E-state index contributed by atoms with van der Waals surface area (Å²) in [5, 5.41) is 38.5. The molecular weight excluding hydrogens is 518 g/mol. The van der Waals surface area contributed by atoms with Crippen molar-refractivity contribution in [2.45, 2.75) is 20.0 Å². The number of esters is 1. The van der Waals surface area contributed by atoms with E-state index in [9.17, 15) is 44.4 Å². The first-order valence-electron chi connectivity index (χ1n) is 12.6. The molecule has 1 aromatic heterocycles. The Balaban J connectivity index is 2.25. The molecule has 0 amide bonds. The minimum Gasteiger partial charge on any atom is -0.503 e. The Morgan fingerprint density at radius 1 is 0.744 bits per heavy atom. The number of aliphatic carboxylic acids is 3. The van der Waals surface area contributed by atoms with Crippen LogP contribution in [0.15, 0.2) is 17.1 Å². The quantitative estimate of drug-likeness (QED) is 0.221. The molecule has 0 radical (unpaired) electrons. The number of rotatable bonds is 11. The summed E-state index contributed by atoms with van der Waals surface area (Å²) < 4.78 is 5.89. The number of carboxylic acid groups (broad SMARTS) is 3. The van der Waals surface area contributed by atoms with Crippen molar-refractivity contribution in [2.24, 2.45) is 0 Å². The molecule has 0 aromatic carbocycles. The van der Waals surface area contributed by atoms with Gasteiger partial charge in [0.15, 0.2) is 5.75 Å². The summed E-state index contributed by atoms with van der Waals surface area (Å²) in [6.45, 7) is 3.17. The second kappa shape index (κ2) is 15.8. The minimum atomic E-state index is -1.04. The fourth-order valence-electron chi connectivity index (χ4n) is 4.22. The molecule has 1 aliphatic rings. The summed E-state index contributed by atoms with van der Waals surface area (Å²) >= 11 is 0. The van der Waals surface area contributed by atoms with E-state index in [1.54, 1.807) is 21.6 Å². The highest BCUT2D eigenvalue weighted by molar-refractivity contribution is 5.70. The van der Waals surface area contributed by atoms with Crippen molar-refractivity contribution in [2.75, 3.05) is 78.6 Å². The molecule has 0 atom stereocenters. The lowest BCUT2D eigenvalue weighted by molar-refractivity contribution is -0.144. The van der Waals surface area contributed by atoms with Crippen LogP contribution in [-0.2, 0) is 37.0 Å². The molecule has 2 heterocycles. The van der Waals surface area contributed by atoms with Gasteiger partial charge in [0.1, 0.15) is 6.54 Å². The van der Waals surface area contributed by atoms with Crippen molar-refractivity contribution in [1.29, 1.82) is 0 Å². The van der Waals surface area contributed by atoms with Crippen LogP contribution in [0.1, 0.15) is 12.5 Å². The van der Waals surface area contributed by atoms with Crippen LogP contribution in [0.3, 0.4) is 0 Å². The van der Waals surface area contributed by atoms with Crippen LogP contribution in [0.5, 0.6) is 5.75 Å². The highest BCUT2D eigenvalue weighted by Gasteiger charge is 2.21. The van der Waals surface area contributed by atoms with Gasteiger partial charge in [0.05, 0.1) is 26.2 Å². The smallest absolute Gasteiger partial charge is 0.326 e. The van der Waals surface area contributed by atoms with Crippen LogP contribution < -0.4 is 5.56 Å². The molecule has 0 unspecified atom stereocenters. The van der Waals surface area contributed by atoms with Crippen LogP contribution in [0.2, 0.25) is 0 Å². The van der Waals surface area contributed by atoms with Crippen molar-refractivity contribution >= 4 is 23.9 Å². The van der Waals surface area contributed by atoms with Crippen LogP contribution >= 0.6 is 0 Å². The number of aromatic hydroxyl groups is 1. The fraction of sp³-hybridized carbons (Fsp3) is 0.625. The number of carbonyl (C=O) groups excluding carboxylic acids is 1. The van der Waals surface area contributed by atoms with E-state index in [0.717, 1.165) is 4.57 Å². The normalized spacial score (nSPS) is 17.2. The van der Waals surface area contributed by atoms with Crippen LogP contribution in [0, 0.1) is 0 Å². The first-order chi connectivity index (χ1) is 18.5. The number of nitrogens with zero attached hydrogens (tertiary/aromatic N) is 5. The van der Waals surface area contributed by atoms with Crippen LogP contribution in [0.4, 0.5) is 0 Å². The molecule has 39 heavy (non-hydrogen) atoms. The number of hydrogen-bond acceptors (Lipinski definition) is 11. The largest absolute Gasteiger partial charge is 0.503 e. The maximum Gasteiger partial charge on any atom is 0.326 e. The number of pyridine rings is 1. The Kier molecular flexibility index (Phi) is 12.8. The molecule has 2 rings (SSSR count). The van der Waals surface area contributed by atoms with E-state index in [-0.39, 0.29) is 65.5 Å². The lowest BCUT2D eigenvalue weighted by atomic mass is 10.2. The van der Waals surface area contributed by atoms with Gasteiger partial charge in [-0.05, 0) is 13.0 Å². The molecule has 15 nitrogen and oxygen atoms in total. The second-order valence-corrected chi connectivity index (χ2v) is 9.21.